The molecule has 1 aliphatic carbocycles. The lowest BCUT2D eigenvalue weighted by Gasteiger charge is -2.18. The molecule has 208 valence electrons. The number of carbonyl (C=O) groups is 2. The van der Waals surface area contributed by atoms with E-state index < -0.39 is 5.92 Å². The molecule has 1 aromatic rings. The Kier molecular flexibility index (Phi) is 11.7. The Balaban J connectivity index is 1.69. The number of nitrogens with zero attached hydrogens (tertiary/aromatic N) is 2. The van der Waals surface area contributed by atoms with Crippen molar-refractivity contribution >= 4 is 35.3 Å². The van der Waals surface area contributed by atoms with Crippen LogP contribution in [0.25, 0.3) is 0 Å². The molecule has 7 nitrogen and oxygen atoms in total. The number of allylic oxidation sites excluding steroid dienone is 9. The van der Waals surface area contributed by atoms with Gasteiger partial charge in [0.15, 0.2) is 0 Å². The molecule has 0 radical (unpaired) electrons. The van der Waals surface area contributed by atoms with E-state index in [0.717, 1.165) is 21.2 Å². The summed E-state index contributed by atoms with van der Waals surface area (Å²) < 4.78 is 5.02. The summed E-state index contributed by atoms with van der Waals surface area (Å²) in [6.45, 7) is 9.31. The number of fused-ring (bicyclic) bond motifs is 1. The van der Waals surface area contributed by atoms with Gasteiger partial charge in [-0.1, -0.05) is 72.5 Å². The van der Waals surface area contributed by atoms with Crippen LogP contribution in [0.5, 0.6) is 0 Å². The quantitative estimate of drug-likeness (QED) is 0.198. The second-order valence-electron chi connectivity index (χ2n) is 8.94. The normalized spacial score (nSPS) is 18.3. The molecule has 8 heteroatoms. The van der Waals surface area contributed by atoms with Crippen molar-refractivity contribution in [3.63, 3.8) is 0 Å². The van der Waals surface area contributed by atoms with Crippen molar-refractivity contribution < 1.29 is 14.3 Å². The lowest BCUT2D eigenvalue weighted by molar-refractivity contribution is -0.145. The summed E-state index contributed by atoms with van der Waals surface area (Å²) in [5.74, 6) is -0.569. The third kappa shape index (κ3) is 8.95. The number of thioether (sulfide) groups is 1. The van der Waals surface area contributed by atoms with Gasteiger partial charge in [0.05, 0.1) is 18.2 Å². The van der Waals surface area contributed by atoms with Crippen LogP contribution in [0.4, 0.5) is 0 Å². The van der Waals surface area contributed by atoms with E-state index in [4.69, 9.17) is 9.73 Å². The number of esters is 1. The van der Waals surface area contributed by atoms with Crippen LogP contribution in [-0.4, -0.2) is 30.2 Å². The Morgan fingerprint density at radius 1 is 1.15 bits per heavy atom. The highest BCUT2D eigenvalue weighted by molar-refractivity contribution is 8.04. The van der Waals surface area contributed by atoms with Crippen LogP contribution >= 0.6 is 11.8 Å². The van der Waals surface area contributed by atoms with Crippen molar-refractivity contribution in [2.45, 2.75) is 39.5 Å². The summed E-state index contributed by atoms with van der Waals surface area (Å²) in [6, 6.07) is 10.2. The van der Waals surface area contributed by atoms with Gasteiger partial charge in [-0.2, -0.15) is 0 Å². The zero-order valence-corrected chi connectivity index (χ0v) is 24.4. The number of carbonyl (C=O) groups excluding carboxylic acids is 2. The SMILES string of the molecule is C/C=C(\C=C(/C)NC1=NC=CC2C=CC=C(Sc3ccccc3)C2=N1)NC(=O)C(/C=C\[C@H](C)C(=O)OCC)=C/C. The van der Waals surface area contributed by atoms with Crippen molar-refractivity contribution in [3.8, 4) is 0 Å². The maximum Gasteiger partial charge on any atom is 0.312 e. The van der Waals surface area contributed by atoms with Crippen molar-refractivity contribution in [2.24, 2.45) is 21.8 Å². The predicted octanol–water partition coefficient (Wildman–Crippen LogP) is 6.39. The zero-order valence-electron chi connectivity index (χ0n) is 23.5. The second-order valence-corrected chi connectivity index (χ2v) is 10.1. The van der Waals surface area contributed by atoms with Crippen LogP contribution in [0.1, 0.15) is 34.6 Å². The highest BCUT2D eigenvalue weighted by atomic mass is 32.2. The van der Waals surface area contributed by atoms with E-state index in [0.29, 0.717) is 23.8 Å². The van der Waals surface area contributed by atoms with Crippen molar-refractivity contribution in [1.82, 2.24) is 10.6 Å². The lowest BCUT2D eigenvalue weighted by atomic mass is 9.98. The number of ether oxygens (including phenoxy) is 1. The molecular formula is C32H36N4O3S. The van der Waals surface area contributed by atoms with Crippen LogP contribution < -0.4 is 10.6 Å². The number of benzene rings is 1. The molecule has 1 heterocycles. The smallest absolute Gasteiger partial charge is 0.312 e. The fourth-order valence-electron chi connectivity index (χ4n) is 3.74. The van der Waals surface area contributed by atoms with Gasteiger partial charge in [0.2, 0.25) is 5.96 Å². The molecule has 0 saturated carbocycles. The fraction of sp³-hybridized carbons (Fsp3) is 0.250. The van der Waals surface area contributed by atoms with E-state index in [-0.39, 0.29) is 17.8 Å². The highest BCUT2D eigenvalue weighted by Gasteiger charge is 2.21. The molecule has 2 N–H and O–H groups in total. The first-order valence-electron chi connectivity index (χ1n) is 13.2. The molecule has 1 amide bonds. The van der Waals surface area contributed by atoms with Gasteiger partial charge in [0.1, 0.15) is 0 Å². The second kappa shape index (κ2) is 15.4. The number of amides is 1. The van der Waals surface area contributed by atoms with Gasteiger partial charge in [-0.05, 0) is 58.9 Å². The molecule has 0 fully saturated rings. The van der Waals surface area contributed by atoms with Gasteiger partial charge in [0, 0.05) is 38.9 Å². The van der Waals surface area contributed by atoms with Gasteiger partial charge >= 0.3 is 5.97 Å². The molecule has 0 spiro atoms. The highest BCUT2D eigenvalue weighted by Crippen LogP contribution is 2.33. The molecule has 1 unspecified atom stereocenters. The van der Waals surface area contributed by atoms with Gasteiger partial charge < -0.3 is 15.4 Å². The van der Waals surface area contributed by atoms with E-state index in [2.05, 4.69) is 46.0 Å². The van der Waals surface area contributed by atoms with Crippen LogP contribution in [0, 0.1) is 11.8 Å². The number of hydrogen-bond acceptors (Lipinski definition) is 7. The third-order valence-corrected chi connectivity index (χ3v) is 6.94. The number of hydrogen-bond donors (Lipinski definition) is 2. The van der Waals surface area contributed by atoms with Crippen molar-refractivity contribution in [1.29, 1.82) is 0 Å². The monoisotopic (exact) mass is 556 g/mol. The van der Waals surface area contributed by atoms with E-state index in [1.165, 1.54) is 0 Å². The summed E-state index contributed by atoms with van der Waals surface area (Å²) in [7, 11) is 0. The fourth-order valence-corrected chi connectivity index (χ4v) is 4.72. The maximum atomic E-state index is 12.9. The van der Waals surface area contributed by atoms with E-state index in [9.17, 15) is 9.59 Å². The molecule has 1 aromatic carbocycles. The molecule has 2 aliphatic rings. The first-order valence-corrected chi connectivity index (χ1v) is 14.0. The Morgan fingerprint density at radius 2 is 1.93 bits per heavy atom. The molecule has 2 atom stereocenters. The van der Waals surface area contributed by atoms with Gasteiger partial charge in [-0.15, -0.1) is 0 Å². The predicted molar refractivity (Wildman–Crippen MR) is 165 cm³/mol. The topological polar surface area (TPSA) is 92.1 Å². The first-order chi connectivity index (χ1) is 19.3. The van der Waals surface area contributed by atoms with Gasteiger partial charge in [-0.3, -0.25) is 9.59 Å². The Hall–Kier alpha value is -4.17. The van der Waals surface area contributed by atoms with Crippen LogP contribution in [-0.2, 0) is 14.3 Å². The van der Waals surface area contributed by atoms with E-state index in [1.54, 1.807) is 63.0 Å². The van der Waals surface area contributed by atoms with Crippen LogP contribution in [0.3, 0.4) is 0 Å². The third-order valence-electron chi connectivity index (χ3n) is 5.87. The van der Waals surface area contributed by atoms with Crippen molar-refractivity contribution in [3.05, 3.63) is 113 Å². The van der Waals surface area contributed by atoms with Gasteiger partial charge in [0.25, 0.3) is 5.91 Å². The number of rotatable bonds is 10. The molecule has 0 bridgehead atoms. The molecule has 0 aromatic heterocycles. The average Bonchev–Trinajstić information content (AvgIpc) is 3.16. The van der Waals surface area contributed by atoms with Crippen LogP contribution in [0.2, 0.25) is 0 Å². The summed E-state index contributed by atoms with van der Waals surface area (Å²) in [4.78, 5) is 36.3. The number of guanidine groups is 1. The average molecular weight is 557 g/mol. The van der Waals surface area contributed by atoms with Crippen molar-refractivity contribution in [2.75, 3.05) is 6.61 Å². The lowest BCUT2D eigenvalue weighted by Crippen LogP contribution is -2.26. The maximum absolute atomic E-state index is 12.9. The Bertz CT molecular complexity index is 1360. The van der Waals surface area contributed by atoms with E-state index in [1.807, 2.05) is 44.2 Å². The number of nitrogens with one attached hydrogen (secondary N) is 2. The zero-order chi connectivity index (χ0) is 28.9. The van der Waals surface area contributed by atoms with Crippen LogP contribution in [0.15, 0.2) is 128 Å². The largest absolute Gasteiger partial charge is 0.466 e. The molecule has 40 heavy (non-hydrogen) atoms. The van der Waals surface area contributed by atoms with Gasteiger partial charge in [-0.25, -0.2) is 9.98 Å². The first kappa shape index (κ1) is 30.4. The minimum Gasteiger partial charge on any atom is -0.466 e. The summed E-state index contributed by atoms with van der Waals surface area (Å²) in [5, 5.41) is 6.18. The summed E-state index contributed by atoms with van der Waals surface area (Å²) in [6.07, 6.45) is 18.6. The summed E-state index contributed by atoms with van der Waals surface area (Å²) >= 11 is 1.67. The molecule has 1 aliphatic heterocycles. The Labute approximate surface area is 241 Å². The van der Waals surface area contributed by atoms with E-state index >= 15 is 0 Å². The number of aliphatic imine (C=N–C) groups is 2. The molecule has 3 rings (SSSR count). The minimum atomic E-state index is -0.452. The summed E-state index contributed by atoms with van der Waals surface area (Å²) in [5.41, 5.74) is 2.72. The standard InChI is InChI=1S/C32H36N4O3S/c1-6-24(18-17-22(4)31(38)39-8-3)30(37)35-26(7-2)21-23(5)34-32-33-20-19-25-13-12-16-28(29(25)36-32)40-27-14-10-9-11-15-27/h6-7,9-22,25H,8H2,1-5H3,(H,33,34)(H,35,37)/b18-17-,23-21+,24-6+,26-7+/t22-,25?/m0/s1. The Morgan fingerprint density at radius 3 is 2.62 bits per heavy atom. The molecular weight excluding hydrogens is 520 g/mol. The molecule has 0 saturated heterocycles. The minimum absolute atomic E-state index is 0.0350.